The van der Waals surface area contributed by atoms with E-state index in [2.05, 4.69) is 10.6 Å². The molecule has 3 aromatic carbocycles. The number of carbonyl (C=O) groups excluding carboxylic acids is 1. The number of urea groups is 1. The molecule has 3 rings (SSSR count). The molecule has 0 aliphatic carbocycles. The van der Waals surface area contributed by atoms with Crippen molar-refractivity contribution in [2.24, 2.45) is 0 Å². The van der Waals surface area contributed by atoms with Gasteiger partial charge >= 0.3 is 6.03 Å². The van der Waals surface area contributed by atoms with E-state index in [1.54, 1.807) is 14.0 Å². The van der Waals surface area contributed by atoms with Gasteiger partial charge in [0.2, 0.25) is 0 Å². The van der Waals surface area contributed by atoms with Crippen LogP contribution in [0.5, 0.6) is 5.75 Å². The van der Waals surface area contributed by atoms with Gasteiger partial charge in [-0.3, -0.25) is 0 Å². The molecular weight excluding hydrogens is 376 g/mol. The van der Waals surface area contributed by atoms with Crippen molar-refractivity contribution in [3.8, 4) is 5.75 Å². The van der Waals surface area contributed by atoms with Crippen LogP contribution < -0.4 is 15.4 Å². The predicted molar refractivity (Wildman–Crippen MR) is 119 cm³/mol. The Balaban J connectivity index is 1.62. The average Bonchev–Trinajstić information content (AvgIpc) is 2.77. The number of benzene rings is 3. The van der Waals surface area contributed by atoms with Gasteiger partial charge in [0.05, 0.1) is 18.8 Å². The lowest BCUT2D eigenvalue weighted by molar-refractivity contribution is 0.0623. The molecule has 0 radical (unpaired) electrons. The molecule has 2 amide bonds. The molecule has 5 nitrogen and oxygen atoms in total. The van der Waals surface area contributed by atoms with Crippen LogP contribution in [-0.4, -0.2) is 30.4 Å². The maximum Gasteiger partial charge on any atom is 0.315 e. The largest absolute Gasteiger partial charge is 0.497 e. The highest BCUT2D eigenvalue weighted by molar-refractivity contribution is 5.75. The van der Waals surface area contributed by atoms with Crippen molar-refractivity contribution in [2.75, 3.05) is 13.7 Å². The average molecular weight is 405 g/mol. The summed E-state index contributed by atoms with van der Waals surface area (Å²) >= 11 is 0. The lowest BCUT2D eigenvalue weighted by Crippen LogP contribution is -2.46. The normalized spacial score (nSPS) is 12.8. The minimum absolute atomic E-state index is 0.126. The van der Waals surface area contributed by atoms with Crippen LogP contribution in [0.15, 0.2) is 84.9 Å². The Labute approximate surface area is 177 Å². The summed E-state index contributed by atoms with van der Waals surface area (Å²) in [6, 6.07) is 26.6. The van der Waals surface area contributed by atoms with Gasteiger partial charge in [-0.15, -0.1) is 0 Å². The first kappa shape index (κ1) is 21.4. The van der Waals surface area contributed by atoms with E-state index in [4.69, 9.17) is 4.74 Å². The Morgan fingerprint density at radius 3 is 1.97 bits per heavy atom. The molecule has 156 valence electrons. The van der Waals surface area contributed by atoms with Crippen LogP contribution in [-0.2, 0) is 6.42 Å². The second kappa shape index (κ2) is 9.94. The first-order valence-corrected chi connectivity index (χ1v) is 9.96. The fraction of sp³-hybridized carbons (Fsp3) is 0.240. The molecule has 0 fully saturated rings. The van der Waals surface area contributed by atoms with Crippen LogP contribution in [0.25, 0.3) is 0 Å². The number of nitrogens with one attached hydrogen (secondary N) is 2. The van der Waals surface area contributed by atoms with Crippen LogP contribution in [0.4, 0.5) is 4.79 Å². The number of amides is 2. The van der Waals surface area contributed by atoms with E-state index < -0.39 is 5.60 Å². The molecule has 3 aromatic rings. The van der Waals surface area contributed by atoms with Gasteiger partial charge in [0.15, 0.2) is 0 Å². The minimum atomic E-state index is -1.08. The number of hydrogen-bond acceptors (Lipinski definition) is 3. The Morgan fingerprint density at radius 1 is 0.933 bits per heavy atom. The first-order chi connectivity index (χ1) is 14.5. The molecular formula is C25H28N2O3. The van der Waals surface area contributed by atoms with Crippen molar-refractivity contribution in [1.82, 2.24) is 10.6 Å². The van der Waals surface area contributed by atoms with Crippen molar-refractivity contribution in [1.29, 1.82) is 0 Å². The number of aliphatic hydroxyl groups is 1. The molecule has 0 bridgehead atoms. The van der Waals surface area contributed by atoms with E-state index in [0.717, 1.165) is 22.4 Å². The molecule has 3 N–H and O–H groups in total. The zero-order chi connectivity index (χ0) is 21.4. The van der Waals surface area contributed by atoms with Crippen LogP contribution >= 0.6 is 0 Å². The first-order valence-electron chi connectivity index (χ1n) is 9.96. The van der Waals surface area contributed by atoms with Crippen molar-refractivity contribution < 1.29 is 14.6 Å². The maximum atomic E-state index is 12.6. The zero-order valence-corrected chi connectivity index (χ0v) is 17.3. The SMILES string of the molecule is COc1ccc(C[C@@](C)(O)CNC(=O)NC(c2ccccc2)c2ccccc2)cc1. The predicted octanol–water partition coefficient (Wildman–Crippen LogP) is 4.08. The lowest BCUT2D eigenvalue weighted by Gasteiger charge is -2.25. The molecule has 0 aliphatic heterocycles. The standard InChI is InChI=1S/C25H28N2O3/c1-25(29,17-19-13-15-22(30-2)16-14-19)18-26-24(28)27-23(20-9-5-3-6-10-20)21-11-7-4-8-12-21/h3-16,23,29H,17-18H2,1-2H3,(H2,26,27,28)/t25-/m1/s1. The number of carbonyl (C=O) groups is 1. The van der Waals surface area contributed by atoms with Gasteiger partial charge < -0.3 is 20.5 Å². The zero-order valence-electron chi connectivity index (χ0n) is 17.3. The number of hydrogen-bond donors (Lipinski definition) is 3. The fourth-order valence-electron chi connectivity index (χ4n) is 3.35. The molecule has 0 heterocycles. The summed E-state index contributed by atoms with van der Waals surface area (Å²) in [5.41, 5.74) is 1.86. The second-order valence-corrected chi connectivity index (χ2v) is 7.60. The monoisotopic (exact) mass is 404 g/mol. The third kappa shape index (κ3) is 6.09. The number of ether oxygens (including phenoxy) is 1. The minimum Gasteiger partial charge on any atom is -0.497 e. The van der Waals surface area contributed by atoms with E-state index >= 15 is 0 Å². The van der Waals surface area contributed by atoms with Gasteiger partial charge in [-0.1, -0.05) is 72.8 Å². The van der Waals surface area contributed by atoms with E-state index in [1.165, 1.54) is 0 Å². The van der Waals surface area contributed by atoms with Crippen LogP contribution in [0, 0.1) is 0 Å². The number of methoxy groups -OCH3 is 1. The van der Waals surface area contributed by atoms with Crippen molar-refractivity contribution in [3.63, 3.8) is 0 Å². The smallest absolute Gasteiger partial charge is 0.315 e. The van der Waals surface area contributed by atoms with E-state index in [0.29, 0.717) is 6.42 Å². The summed E-state index contributed by atoms with van der Waals surface area (Å²) in [6.07, 6.45) is 0.415. The van der Waals surface area contributed by atoms with Gasteiger partial charge in [0, 0.05) is 13.0 Å². The Kier molecular flexibility index (Phi) is 7.09. The fourth-order valence-corrected chi connectivity index (χ4v) is 3.35. The molecule has 5 heteroatoms. The molecule has 0 unspecified atom stereocenters. The molecule has 30 heavy (non-hydrogen) atoms. The highest BCUT2D eigenvalue weighted by atomic mass is 16.5. The summed E-state index contributed by atoms with van der Waals surface area (Å²) in [7, 11) is 1.62. The highest BCUT2D eigenvalue weighted by Gasteiger charge is 2.23. The quantitative estimate of drug-likeness (QED) is 0.530. The molecule has 0 aromatic heterocycles. The molecule has 1 atom stereocenters. The van der Waals surface area contributed by atoms with Crippen molar-refractivity contribution in [3.05, 3.63) is 102 Å². The molecule has 0 aliphatic rings. The summed E-state index contributed by atoms with van der Waals surface area (Å²) < 4.78 is 5.16. The van der Waals surface area contributed by atoms with Gasteiger partial charge in [0.25, 0.3) is 0 Å². The Hall–Kier alpha value is -3.31. The summed E-state index contributed by atoms with van der Waals surface area (Å²) in [5, 5.41) is 16.6. The van der Waals surface area contributed by atoms with Crippen LogP contribution in [0.3, 0.4) is 0 Å². The van der Waals surface area contributed by atoms with E-state index in [-0.39, 0.29) is 18.6 Å². The Morgan fingerprint density at radius 2 is 1.47 bits per heavy atom. The third-order valence-electron chi connectivity index (χ3n) is 4.92. The molecule has 0 saturated carbocycles. The lowest BCUT2D eigenvalue weighted by atomic mass is 9.96. The summed E-state index contributed by atoms with van der Waals surface area (Å²) in [5.74, 6) is 0.767. The highest BCUT2D eigenvalue weighted by Crippen LogP contribution is 2.22. The van der Waals surface area contributed by atoms with Crippen LogP contribution in [0.2, 0.25) is 0 Å². The van der Waals surface area contributed by atoms with Gasteiger partial charge in [-0.2, -0.15) is 0 Å². The maximum absolute atomic E-state index is 12.6. The van der Waals surface area contributed by atoms with E-state index in [1.807, 2.05) is 84.9 Å². The topological polar surface area (TPSA) is 70.6 Å². The van der Waals surface area contributed by atoms with Crippen molar-refractivity contribution in [2.45, 2.75) is 25.0 Å². The van der Waals surface area contributed by atoms with Gasteiger partial charge in [-0.25, -0.2) is 4.79 Å². The van der Waals surface area contributed by atoms with E-state index in [9.17, 15) is 9.90 Å². The van der Waals surface area contributed by atoms with Gasteiger partial charge in [-0.05, 0) is 35.7 Å². The summed E-state index contributed by atoms with van der Waals surface area (Å²) in [6.45, 7) is 1.84. The van der Waals surface area contributed by atoms with Crippen molar-refractivity contribution >= 4 is 6.03 Å². The molecule has 0 spiro atoms. The van der Waals surface area contributed by atoms with Gasteiger partial charge in [0.1, 0.15) is 5.75 Å². The van der Waals surface area contributed by atoms with Crippen LogP contribution in [0.1, 0.15) is 29.7 Å². The second-order valence-electron chi connectivity index (χ2n) is 7.60. The summed E-state index contributed by atoms with van der Waals surface area (Å²) in [4.78, 5) is 12.6. The Bertz CT molecular complexity index is 886. The molecule has 0 saturated heterocycles. The number of rotatable bonds is 8. The third-order valence-corrected chi connectivity index (χ3v) is 4.92.